The fraction of sp³-hybridized carbons (Fsp3) is 0.280. The predicted octanol–water partition coefficient (Wildman–Crippen LogP) is 5.41. The summed E-state index contributed by atoms with van der Waals surface area (Å²) in [4.78, 5) is 40.0. The minimum absolute atomic E-state index is 0.0132. The van der Waals surface area contributed by atoms with Crippen LogP contribution in [0.5, 0.6) is 0 Å². The van der Waals surface area contributed by atoms with Gasteiger partial charge in [0, 0.05) is 18.9 Å². The molecule has 3 aromatic rings. The third kappa shape index (κ3) is 6.20. The van der Waals surface area contributed by atoms with Crippen LogP contribution in [0.2, 0.25) is 0 Å². The zero-order chi connectivity index (χ0) is 29.0. The Morgan fingerprint density at radius 1 is 1.08 bits per heavy atom. The summed E-state index contributed by atoms with van der Waals surface area (Å²) in [7, 11) is -3.15. The molecule has 3 rings (SSSR count). The maximum atomic E-state index is 13.7. The maximum Gasteiger partial charge on any atom is 0.421 e. The van der Waals surface area contributed by atoms with E-state index >= 15 is 0 Å². The van der Waals surface area contributed by atoms with Crippen molar-refractivity contribution < 1.29 is 32.3 Å². The number of carbonyl (C=O) groups is 1. The van der Waals surface area contributed by atoms with Crippen LogP contribution in [-0.2, 0) is 15.9 Å². The number of rotatable bonds is 9. The second-order valence-electron chi connectivity index (χ2n) is 8.52. The van der Waals surface area contributed by atoms with Crippen LogP contribution in [-0.4, -0.2) is 32.7 Å². The van der Waals surface area contributed by atoms with Crippen molar-refractivity contribution in [3.05, 3.63) is 70.9 Å². The van der Waals surface area contributed by atoms with E-state index in [2.05, 4.69) is 25.9 Å². The second-order valence-corrected chi connectivity index (χ2v) is 10.5. The zero-order valence-corrected chi connectivity index (χ0v) is 22.1. The number of amides is 1. The Kier molecular flexibility index (Phi) is 8.65. The normalized spacial score (nSPS) is 12.0. The van der Waals surface area contributed by atoms with E-state index in [0.29, 0.717) is 17.4 Å². The summed E-state index contributed by atoms with van der Waals surface area (Å²) in [5.41, 5.74) is -0.342. The third-order valence-corrected chi connectivity index (χ3v) is 8.38. The molecule has 0 spiro atoms. The summed E-state index contributed by atoms with van der Waals surface area (Å²) in [5.74, 6) is -1.47. The topological polar surface area (TPSA) is 160 Å². The number of hydrogen-bond donors (Lipinski definition) is 5. The first-order valence-electron chi connectivity index (χ1n) is 11.7. The van der Waals surface area contributed by atoms with E-state index in [1.54, 1.807) is 13.8 Å². The SMILES string of the molecule is CCC(CC)(c1ccc(Nc2ncc(C(F)(F)F)c(Nc3ccc(C#N)cc3C(=O)NC)n2)cc1)P(=O)(O)O. The number of nitrogens with one attached hydrogen (secondary N) is 3. The van der Waals surface area contributed by atoms with Crippen molar-refractivity contribution in [1.82, 2.24) is 15.3 Å². The van der Waals surface area contributed by atoms with Gasteiger partial charge in [0.15, 0.2) is 0 Å². The second kappa shape index (κ2) is 11.4. The Hall–Kier alpha value is -3.98. The third-order valence-electron chi connectivity index (χ3n) is 6.37. The van der Waals surface area contributed by atoms with Crippen molar-refractivity contribution in [3.8, 4) is 6.07 Å². The van der Waals surface area contributed by atoms with Crippen LogP contribution >= 0.6 is 7.60 Å². The number of aromatic nitrogens is 2. The molecule has 0 radical (unpaired) electrons. The lowest BCUT2D eigenvalue weighted by atomic mass is 9.92. The van der Waals surface area contributed by atoms with Crippen molar-refractivity contribution in [1.29, 1.82) is 5.26 Å². The van der Waals surface area contributed by atoms with E-state index in [0.717, 1.165) is 0 Å². The van der Waals surface area contributed by atoms with E-state index in [1.807, 2.05) is 6.07 Å². The highest BCUT2D eigenvalue weighted by Crippen LogP contribution is 2.60. The highest BCUT2D eigenvalue weighted by Gasteiger charge is 2.45. The van der Waals surface area contributed by atoms with Crippen LogP contribution in [0.15, 0.2) is 48.7 Å². The van der Waals surface area contributed by atoms with Crippen LogP contribution in [0, 0.1) is 11.3 Å². The highest BCUT2D eigenvalue weighted by molar-refractivity contribution is 7.53. The highest BCUT2D eigenvalue weighted by atomic mass is 31.2. The average Bonchev–Trinajstić information content (AvgIpc) is 2.89. The Balaban J connectivity index is 1.99. The van der Waals surface area contributed by atoms with Gasteiger partial charge in [-0.15, -0.1) is 0 Å². The molecule has 0 fully saturated rings. The monoisotopic (exact) mass is 562 g/mol. The number of benzene rings is 2. The minimum atomic E-state index is -4.82. The van der Waals surface area contributed by atoms with Crippen LogP contribution in [0.3, 0.4) is 0 Å². The standard InChI is InChI=1S/C25H26F3N6O4P/c1-4-24(5-2,39(36,37)38)16-7-9-17(10-8-16)32-23-31-14-19(25(26,27)28)21(34-23)33-20-11-6-15(13-29)12-18(20)22(35)30-3/h6-12,14H,4-5H2,1-3H3,(H,30,35)(H2,36,37,38)(H2,31,32,33,34). The number of nitriles is 1. The molecule has 1 heterocycles. The van der Waals surface area contributed by atoms with Gasteiger partial charge in [-0.2, -0.15) is 23.4 Å². The van der Waals surface area contributed by atoms with Gasteiger partial charge in [-0.3, -0.25) is 9.36 Å². The largest absolute Gasteiger partial charge is 0.421 e. The van der Waals surface area contributed by atoms with Crippen molar-refractivity contribution in [3.63, 3.8) is 0 Å². The molecule has 0 unspecified atom stereocenters. The van der Waals surface area contributed by atoms with Crippen molar-refractivity contribution >= 4 is 36.6 Å². The lowest BCUT2D eigenvalue weighted by Crippen LogP contribution is -2.24. The number of alkyl halides is 3. The molecule has 0 saturated heterocycles. The Bertz CT molecular complexity index is 1450. The molecule has 0 saturated carbocycles. The number of anilines is 4. The van der Waals surface area contributed by atoms with Crippen molar-refractivity contribution in [2.45, 2.75) is 38.0 Å². The van der Waals surface area contributed by atoms with Crippen molar-refractivity contribution in [2.75, 3.05) is 17.7 Å². The smallest absolute Gasteiger partial charge is 0.355 e. The molecule has 0 atom stereocenters. The molecule has 0 aliphatic rings. The summed E-state index contributed by atoms with van der Waals surface area (Å²) in [5, 5.41) is 15.5. The van der Waals surface area contributed by atoms with E-state index in [4.69, 9.17) is 5.26 Å². The molecule has 10 nitrogen and oxygen atoms in total. The molecule has 206 valence electrons. The first-order valence-corrected chi connectivity index (χ1v) is 13.3. The molecule has 14 heteroatoms. The van der Waals surface area contributed by atoms with Gasteiger partial charge in [0.1, 0.15) is 11.4 Å². The van der Waals surface area contributed by atoms with Gasteiger partial charge in [0.2, 0.25) is 5.95 Å². The average molecular weight is 562 g/mol. The van der Waals surface area contributed by atoms with Gasteiger partial charge in [-0.25, -0.2) is 4.98 Å². The number of nitrogens with zero attached hydrogens (tertiary/aromatic N) is 3. The van der Waals surface area contributed by atoms with Gasteiger partial charge in [-0.1, -0.05) is 26.0 Å². The van der Waals surface area contributed by atoms with Gasteiger partial charge < -0.3 is 25.7 Å². The van der Waals surface area contributed by atoms with E-state index in [-0.39, 0.29) is 35.6 Å². The fourth-order valence-electron chi connectivity index (χ4n) is 4.15. The lowest BCUT2D eigenvalue weighted by molar-refractivity contribution is -0.137. The number of halogens is 3. The van der Waals surface area contributed by atoms with Gasteiger partial charge in [0.05, 0.1) is 28.0 Å². The van der Waals surface area contributed by atoms with Crippen LogP contribution in [0.4, 0.5) is 36.3 Å². The Morgan fingerprint density at radius 2 is 1.72 bits per heavy atom. The Morgan fingerprint density at radius 3 is 2.23 bits per heavy atom. The minimum Gasteiger partial charge on any atom is -0.355 e. The molecule has 1 amide bonds. The molecule has 0 aliphatic carbocycles. The van der Waals surface area contributed by atoms with Gasteiger partial charge >= 0.3 is 13.8 Å². The van der Waals surface area contributed by atoms with E-state index in [9.17, 15) is 32.3 Å². The lowest BCUT2D eigenvalue weighted by Gasteiger charge is -2.33. The van der Waals surface area contributed by atoms with Gasteiger partial charge in [0.25, 0.3) is 5.91 Å². The molecule has 1 aromatic heterocycles. The van der Waals surface area contributed by atoms with E-state index in [1.165, 1.54) is 49.5 Å². The summed E-state index contributed by atoms with van der Waals surface area (Å²) in [6.07, 6.45) is -3.84. The molecule has 5 N–H and O–H groups in total. The summed E-state index contributed by atoms with van der Waals surface area (Å²) in [6, 6.07) is 11.8. The van der Waals surface area contributed by atoms with Crippen molar-refractivity contribution in [2.24, 2.45) is 0 Å². The molecule has 2 aromatic carbocycles. The molecule has 39 heavy (non-hydrogen) atoms. The molecular weight excluding hydrogens is 536 g/mol. The summed E-state index contributed by atoms with van der Waals surface area (Å²) >= 11 is 0. The van der Waals surface area contributed by atoms with Crippen LogP contribution < -0.4 is 16.0 Å². The van der Waals surface area contributed by atoms with Crippen LogP contribution in [0.25, 0.3) is 0 Å². The quantitative estimate of drug-likeness (QED) is 0.215. The summed E-state index contributed by atoms with van der Waals surface area (Å²) < 4.78 is 53.5. The molecule has 0 bridgehead atoms. The summed E-state index contributed by atoms with van der Waals surface area (Å²) in [6.45, 7) is 3.37. The molecule has 0 aliphatic heterocycles. The molecular formula is C25H26F3N6O4P. The van der Waals surface area contributed by atoms with E-state index < -0.39 is 36.2 Å². The zero-order valence-electron chi connectivity index (χ0n) is 21.2. The van der Waals surface area contributed by atoms with Crippen LogP contribution in [0.1, 0.15) is 53.7 Å². The van der Waals surface area contributed by atoms with Gasteiger partial charge in [-0.05, 0) is 48.7 Å². The first kappa shape index (κ1) is 29.6. The predicted molar refractivity (Wildman–Crippen MR) is 139 cm³/mol. The maximum absolute atomic E-state index is 13.7. The first-order chi connectivity index (χ1) is 18.3. The number of carbonyl (C=O) groups excluding carboxylic acids is 1. The fourth-order valence-corrected chi connectivity index (χ4v) is 5.46. The Labute approximate surface area is 222 Å². The number of hydrogen-bond acceptors (Lipinski definition) is 7.